The van der Waals surface area contributed by atoms with Crippen LogP contribution < -0.4 is 0 Å². The number of hydrogen-bond acceptors (Lipinski definition) is 3. The maximum absolute atomic E-state index is 8.05. The fourth-order valence-electron chi connectivity index (χ4n) is 0.200. The van der Waals surface area contributed by atoms with E-state index in [0.29, 0.717) is 0 Å². The Hall–Kier alpha value is -0.440. The first-order valence-corrected chi connectivity index (χ1v) is 2.25. The van der Waals surface area contributed by atoms with E-state index in [1.807, 2.05) is 13.8 Å². The molecule has 0 saturated carbocycles. The van der Waals surface area contributed by atoms with Gasteiger partial charge in [0.1, 0.15) is 0 Å². The van der Waals surface area contributed by atoms with Gasteiger partial charge in [-0.2, -0.15) is 10.2 Å². The average molecular weight is 102 g/mol. The molecule has 0 aromatic carbocycles. The summed E-state index contributed by atoms with van der Waals surface area (Å²) in [5.74, 6) is 0. The van der Waals surface area contributed by atoms with E-state index < -0.39 is 0 Å². The fraction of sp³-hybridized carbons (Fsp3) is 1.00. The highest BCUT2D eigenvalue weighted by Crippen LogP contribution is 1.84. The molecule has 0 radical (unpaired) electrons. The van der Waals surface area contributed by atoms with E-state index in [1.165, 1.54) is 0 Å². The van der Waals surface area contributed by atoms with E-state index in [4.69, 9.17) is 5.11 Å². The van der Waals surface area contributed by atoms with E-state index in [-0.39, 0.29) is 12.8 Å². The highest BCUT2D eigenvalue weighted by molar-refractivity contribution is 4.41. The Labute approximate surface area is 43.1 Å². The summed E-state index contributed by atoms with van der Waals surface area (Å²) < 4.78 is 0. The van der Waals surface area contributed by atoms with Crippen molar-refractivity contribution >= 4 is 0 Å². The van der Waals surface area contributed by atoms with Crippen LogP contribution in [0, 0.1) is 0 Å². The predicted molar refractivity (Wildman–Crippen MR) is 27.1 cm³/mol. The molecule has 42 valence electrons. The lowest BCUT2D eigenvalue weighted by Gasteiger charge is -1.87. The van der Waals surface area contributed by atoms with E-state index in [1.54, 1.807) is 0 Å². The lowest BCUT2D eigenvalue weighted by atomic mass is 10.4. The Bertz CT molecular complexity index is 60.7. The van der Waals surface area contributed by atoms with Crippen molar-refractivity contribution < 1.29 is 5.11 Å². The molecule has 0 aromatic rings. The second-order valence-corrected chi connectivity index (χ2v) is 1.49. The third-order valence-electron chi connectivity index (χ3n) is 0.376. The largest absolute Gasteiger partial charge is 0.373 e. The predicted octanol–water partition coefficient (Wildman–Crippen LogP) is 0.797. The maximum atomic E-state index is 8.05. The summed E-state index contributed by atoms with van der Waals surface area (Å²) >= 11 is 0. The summed E-state index contributed by atoms with van der Waals surface area (Å²) in [5.41, 5.74) is 0. The molecule has 0 heterocycles. The van der Waals surface area contributed by atoms with Crippen LogP contribution in [0.3, 0.4) is 0 Å². The van der Waals surface area contributed by atoms with Crippen LogP contribution in [0.2, 0.25) is 0 Å². The maximum Gasteiger partial charge on any atom is 0.154 e. The van der Waals surface area contributed by atoms with Crippen molar-refractivity contribution in [2.24, 2.45) is 10.2 Å². The summed E-state index contributed by atoms with van der Waals surface area (Å²) in [4.78, 5) is 0. The second kappa shape index (κ2) is 3.74. The number of aliphatic hydroxyl groups is 1. The molecule has 0 spiro atoms. The summed E-state index contributed by atoms with van der Waals surface area (Å²) in [6.07, 6.45) is 0. The fourth-order valence-corrected chi connectivity index (χ4v) is 0.200. The number of azo groups is 1. The Kier molecular flexibility index (Phi) is 3.50. The third kappa shape index (κ3) is 5.56. The van der Waals surface area contributed by atoms with Crippen LogP contribution in [-0.2, 0) is 0 Å². The first kappa shape index (κ1) is 6.56. The van der Waals surface area contributed by atoms with Gasteiger partial charge in [-0.25, -0.2) is 0 Å². The van der Waals surface area contributed by atoms with Crippen LogP contribution >= 0.6 is 0 Å². The minimum absolute atomic E-state index is 0.196. The van der Waals surface area contributed by atoms with Gasteiger partial charge in [0, 0.05) is 0 Å². The number of aliphatic hydroxyl groups excluding tert-OH is 1. The Balaban J connectivity index is 3.08. The molecular formula is C4H10N2O. The smallest absolute Gasteiger partial charge is 0.154 e. The van der Waals surface area contributed by atoms with Crippen LogP contribution in [0.4, 0.5) is 0 Å². The van der Waals surface area contributed by atoms with Gasteiger partial charge in [0.05, 0.1) is 6.04 Å². The van der Waals surface area contributed by atoms with Gasteiger partial charge in [-0.15, -0.1) is 0 Å². The minimum atomic E-state index is -0.196. The molecule has 0 saturated heterocycles. The second-order valence-electron chi connectivity index (χ2n) is 1.49. The zero-order valence-corrected chi connectivity index (χ0v) is 4.63. The summed E-state index contributed by atoms with van der Waals surface area (Å²) in [5, 5.41) is 15.0. The van der Waals surface area contributed by atoms with Crippen molar-refractivity contribution in [1.82, 2.24) is 0 Å². The van der Waals surface area contributed by atoms with Crippen LogP contribution in [0.25, 0.3) is 0 Å². The molecule has 0 bridgehead atoms. The van der Waals surface area contributed by atoms with E-state index in [2.05, 4.69) is 10.2 Å². The Morgan fingerprint density at radius 2 is 2.14 bits per heavy atom. The molecule has 3 heteroatoms. The van der Waals surface area contributed by atoms with Crippen molar-refractivity contribution in [3.8, 4) is 0 Å². The molecular weight excluding hydrogens is 92.1 g/mol. The highest BCUT2D eigenvalue weighted by atomic mass is 16.3. The molecule has 3 nitrogen and oxygen atoms in total. The highest BCUT2D eigenvalue weighted by Gasteiger charge is 1.80. The lowest BCUT2D eigenvalue weighted by Crippen LogP contribution is -1.85. The monoisotopic (exact) mass is 102 g/mol. The first-order valence-electron chi connectivity index (χ1n) is 2.25. The zero-order valence-electron chi connectivity index (χ0n) is 4.63. The molecule has 0 aromatic heterocycles. The third-order valence-corrected chi connectivity index (χ3v) is 0.376. The van der Waals surface area contributed by atoms with E-state index in [9.17, 15) is 0 Å². The molecule has 0 rings (SSSR count). The summed E-state index contributed by atoms with van der Waals surface area (Å²) in [7, 11) is 0. The standard InChI is InChI=1S/C4H10N2O/c1-4(2)6-5-3-7/h4,7H,3H2,1-2H3/b6-5-. The molecule has 7 heavy (non-hydrogen) atoms. The Morgan fingerprint density at radius 3 is 2.29 bits per heavy atom. The number of nitrogens with zero attached hydrogens (tertiary/aromatic N) is 2. The van der Waals surface area contributed by atoms with Crippen molar-refractivity contribution in [1.29, 1.82) is 0 Å². The number of hydrogen-bond donors (Lipinski definition) is 1. The summed E-state index contributed by atoms with van der Waals surface area (Å²) in [6.45, 7) is 3.61. The topological polar surface area (TPSA) is 45.0 Å². The van der Waals surface area contributed by atoms with E-state index >= 15 is 0 Å². The molecule has 0 aliphatic rings. The lowest BCUT2D eigenvalue weighted by molar-refractivity contribution is 0.297. The molecule has 0 aliphatic heterocycles. The van der Waals surface area contributed by atoms with Gasteiger partial charge in [0.25, 0.3) is 0 Å². The number of rotatable bonds is 2. The van der Waals surface area contributed by atoms with Gasteiger partial charge in [-0.1, -0.05) is 0 Å². The quantitative estimate of drug-likeness (QED) is 0.515. The van der Waals surface area contributed by atoms with Crippen molar-refractivity contribution in [3.05, 3.63) is 0 Å². The van der Waals surface area contributed by atoms with Crippen molar-refractivity contribution in [2.45, 2.75) is 19.9 Å². The molecule has 0 aliphatic carbocycles. The molecule has 0 fully saturated rings. The van der Waals surface area contributed by atoms with Crippen molar-refractivity contribution in [3.63, 3.8) is 0 Å². The van der Waals surface area contributed by atoms with Crippen LogP contribution in [0.1, 0.15) is 13.8 Å². The average Bonchev–Trinajstić information content (AvgIpc) is 1.61. The van der Waals surface area contributed by atoms with Crippen molar-refractivity contribution in [2.75, 3.05) is 6.73 Å². The SMILES string of the molecule is CC(C)/N=N\CO. The zero-order chi connectivity index (χ0) is 5.70. The minimum Gasteiger partial charge on any atom is -0.373 e. The van der Waals surface area contributed by atoms with Gasteiger partial charge in [-0.05, 0) is 13.8 Å². The van der Waals surface area contributed by atoms with Crippen LogP contribution in [0.15, 0.2) is 10.2 Å². The normalized spacial score (nSPS) is 11.4. The van der Waals surface area contributed by atoms with Crippen LogP contribution in [0.5, 0.6) is 0 Å². The molecule has 0 atom stereocenters. The van der Waals surface area contributed by atoms with Gasteiger partial charge >= 0.3 is 0 Å². The Morgan fingerprint density at radius 1 is 1.57 bits per heavy atom. The van der Waals surface area contributed by atoms with Gasteiger partial charge < -0.3 is 5.11 Å². The molecule has 0 amide bonds. The van der Waals surface area contributed by atoms with Gasteiger partial charge in [-0.3, -0.25) is 0 Å². The van der Waals surface area contributed by atoms with Gasteiger partial charge in [0.2, 0.25) is 0 Å². The summed E-state index contributed by atoms with van der Waals surface area (Å²) in [6, 6.07) is 0.201. The molecule has 1 N–H and O–H groups in total. The first-order chi connectivity index (χ1) is 3.27. The van der Waals surface area contributed by atoms with Gasteiger partial charge in [0.15, 0.2) is 6.73 Å². The molecule has 0 unspecified atom stereocenters. The van der Waals surface area contributed by atoms with Crippen LogP contribution in [-0.4, -0.2) is 17.9 Å². The van der Waals surface area contributed by atoms with E-state index in [0.717, 1.165) is 0 Å².